The van der Waals surface area contributed by atoms with Crippen molar-refractivity contribution in [2.24, 2.45) is 0 Å². The number of pyridine rings is 1. The van der Waals surface area contributed by atoms with Gasteiger partial charge in [0.25, 0.3) is 5.56 Å². The number of hydrogen-bond acceptors (Lipinski definition) is 2. The summed E-state index contributed by atoms with van der Waals surface area (Å²) in [6.45, 7) is 2.28. The predicted octanol–water partition coefficient (Wildman–Crippen LogP) is 3.77. The molecule has 0 saturated carbocycles. The number of piperidine rings is 1. The highest BCUT2D eigenvalue weighted by Gasteiger charge is 2.11. The summed E-state index contributed by atoms with van der Waals surface area (Å²) in [7, 11) is 0. The second-order valence-electron chi connectivity index (χ2n) is 5.45. The van der Waals surface area contributed by atoms with Gasteiger partial charge >= 0.3 is 0 Å². The van der Waals surface area contributed by atoms with Gasteiger partial charge in [0.15, 0.2) is 0 Å². The van der Waals surface area contributed by atoms with Crippen molar-refractivity contribution in [3.8, 4) is 11.3 Å². The number of halogens is 1. The van der Waals surface area contributed by atoms with Gasteiger partial charge in [-0.1, -0.05) is 18.2 Å². The molecule has 1 N–H and O–H groups in total. The molecule has 0 amide bonds. The molecule has 1 saturated heterocycles. The fourth-order valence-electron chi connectivity index (χ4n) is 2.78. The molecule has 1 aromatic carbocycles. The van der Waals surface area contributed by atoms with E-state index in [-0.39, 0.29) is 11.4 Å². The molecule has 0 atom stereocenters. The topological polar surface area (TPSA) is 36.1 Å². The number of nitrogens with zero attached hydrogens (tertiary/aromatic N) is 1. The van der Waals surface area contributed by atoms with Gasteiger partial charge < -0.3 is 9.88 Å². The monoisotopic (exact) mass is 302 g/mol. The summed E-state index contributed by atoms with van der Waals surface area (Å²) in [6, 6.07) is 12.1. The summed E-state index contributed by atoms with van der Waals surface area (Å²) in [5.41, 5.74) is 3.61. The Bertz CT molecular complexity index is 657. The average Bonchev–Trinajstić information content (AvgIpc) is 2.56. The predicted molar refractivity (Wildman–Crippen MR) is 88.1 cm³/mol. The molecule has 1 aromatic heterocycles. The molecule has 0 spiro atoms. The summed E-state index contributed by atoms with van der Waals surface area (Å²) >= 11 is 5.71. The van der Waals surface area contributed by atoms with Gasteiger partial charge in [-0.2, -0.15) is 0 Å². The molecule has 0 radical (unpaired) electrons. The normalized spacial score (nSPS) is 15.2. The number of benzene rings is 1. The number of anilines is 1. The van der Waals surface area contributed by atoms with Crippen LogP contribution in [0.3, 0.4) is 0 Å². The van der Waals surface area contributed by atoms with Gasteiger partial charge in [0.05, 0.1) is 5.88 Å². The van der Waals surface area contributed by atoms with Crippen molar-refractivity contribution < 1.29 is 0 Å². The van der Waals surface area contributed by atoms with E-state index in [0.29, 0.717) is 5.56 Å². The van der Waals surface area contributed by atoms with Gasteiger partial charge in [0, 0.05) is 30.0 Å². The van der Waals surface area contributed by atoms with Crippen LogP contribution in [0.2, 0.25) is 0 Å². The van der Waals surface area contributed by atoms with Crippen LogP contribution in [0.1, 0.15) is 24.8 Å². The number of aromatic nitrogens is 1. The summed E-state index contributed by atoms with van der Waals surface area (Å²) in [4.78, 5) is 17.1. The van der Waals surface area contributed by atoms with E-state index in [1.807, 2.05) is 6.07 Å². The van der Waals surface area contributed by atoms with Crippen LogP contribution >= 0.6 is 11.6 Å². The maximum atomic E-state index is 11.8. The molecule has 3 nitrogen and oxygen atoms in total. The zero-order valence-electron chi connectivity index (χ0n) is 11.9. The minimum absolute atomic E-state index is 0.109. The van der Waals surface area contributed by atoms with Crippen LogP contribution in [0.4, 0.5) is 5.69 Å². The molecule has 2 heterocycles. The molecule has 1 aliphatic heterocycles. The Balaban J connectivity index is 1.83. The third-order valence-electron chi connectivity index (χ3n) is 4.03. The first kappa shape index (κ1) is 14.2. The first-order valence-electron chi connectivity index (χ1n) is 7.41. The lowest BCUT2D eigenvalue weighted by Gasteiger charge is -2.28. The van der Waals surface area contributed by atoms with E-state index in [2.05, 4.69) is 34.1 Å². The molecule has 1 aliphatic rings. The third-order valence-corrected chi connectivity index (χ3v) is 4.32. The van der Waals surface area contributed by atoms with Gasteiger partial charge in [-0.3, -0.25) is 4.79 Å². The Morgan fingerprint density at radius 3 is 2.33 bits per heavy atom. The Hall–Kier alpha value is -1.74. The molecule has 3 rings (SSSR count). The lowest BCUT2D eigenvalue weighted by molar-refractivity contribution is 0.578. The Labute approximate surface area is 129 Å². The molecule has 21 heavy (non-hydrogen) atoms. The minimum Gasteiger partial charge on any atom is -0.372 e. The second-order valence-corrected chi connectivity index (χ2v) is 5.72. The summed E-state index contributed by atoms with van der Waals surface area (Å²) < 4.78 is 0. The van der Waals surface area contributed by atoms with Crippen molar-refractivity contribution in [3.05, 3.63) is 52.3 Å². The van der Waals surface area contributed by atoms with Crippen LogP contribution in [0, 0.1) is 0 Å². The van der Waals surface area contributed by atoms with Crippen LogP contribution in [-0.4, -0.2) is 18.1 Å². The first-order chi connectivity index (χ1) is 10.3. The number of hydrogen-bond donors (Lipinski definition) is 1. The average molecular weight is 303 g/mol. The molecular formula is C17H19ClN2O. The second kappa shape index (κ2) is 6.35. The van der Waals surface area contributed by atoms with E-state index >= 15 is 0 Å². The van der Waals surface area contributed by atoms with E-state index in [4.69, 9.17) is 11.6 Å². The van der Waals surface area contributed by atoms with Crippen LogP contribution in [-0.2, 0) is 5.88 Å². The Morgan fingerprint density at radius 2 is 1.71 bits per heavy atom. The third kappa shape index (κ3) is 3.13. The highest BCUT2D eigenvalue weighted by Crippen LogP contribution is 2.23. The number of aromatic amines is 1. The molecule has 0 aliphatic carbocycles. The fraction of sp³-hybridized carbons (Fsp3) is 0.353. The van der Waals surface area contributed by atoms with E-state index in [9.17, 15) is 4.79 Å². The van der Waals surface area contributed by atoms with Gasteiger partial charge in [-0.25, -0.2) is 0 Å². The van der Waals surface area contributed by atoms with Crippen molar-refractivity contribution in [1.82, 2.24) is 4.98 Å². The Kier molecular flexibility index (Phi) is 4.30. The molecule has 110 valence electrons. The number of alkyl halides is 1. The van der Waals surface area contributed by atoms with Crippen LogP contribution in [0.15, 0.2) is 41.2 Å². The van der Waals surface area contributed by atoms with Crippen molar-refractivity contribution in [2.75, 3.05) is 18.0 Å². The summed E-state index contributed by atoms with van der Waals surface area (Å²) in [5.74, 6) is 0.240. The summed E-state index contributed by atoms with van der Waals surface area (Å²) in [6.07, 6.45) is 3.88. The molecule has 4 heteroatoms. The van der Waals surface area contributed by atoms with Gasteiger partial charge in [0.2, 0.25) is 0 Å². The number of H-pyrrole nitrogens is 1. The lowest BCUT2D eigenvalue weighted by Crippen LogP contribution is -2.29. The lowest BCUT2D eigenvalue weighted by atomic mass is 10.1. The van der Waals surface area contributed by atoms with Crippen molar-refractivity contribution in [1.29, 1.82) is 0 Å². The van der Waals surface area contributed by atoms with Crippen LogP contribution in [0.5, 0.6) is 0 Å². The van der Waals surface area contributed by atoms with E-state index in [1.54, 1.807) is 6.07 Å². The number of nitrogens with one attached hydrogen (secondary N) is 1. The summed E-state index contributed by atoms with van der Waals surface area (Å²) in [5, 5.41) is 0. The fourth-order valence-corrected chi connectivity index (χ4v) is 2.99. The molecule has 1 fully saturated rings. The highest BCUT2D eigenvalue weighted by molar-refractivity contribution is 6.17. The quantitative estimate of drug-likeness (QED) is 0.876. The van der Waals surface area contributed by atoms with Crippen molar-refractivity contribution >= 4 is 17.3 Å². The largest absolute Gasteiger partial charge is 0.372 e. The van der Waals surface area contributed by atoms with Crippen molar-refractivity contribution in [3.63, 3.8) is 0 Å². The first-order valence-corrected chi connectivity index (χ1v) is 7.95. The highest BCUT2D eigenvalue weighted by atomic mass is 35.5. The molecular weight excluding hydrogens is 284 g/mol. The number of rotatable bonds is 3. The van der Waals surface area contributed by atoms with Gasteiger partial charge in [0.1, 0.15) is 0 Å². The zero-order valence-corrected chi connectivity index (χ0v) is 12.7. The van der Waals surface area contributed by atoms with Crippen LogP contribution < -0.4 is 10.5 Å². The smallest absolute Gasteiger partial charge is 0.252 e. The van der Waals surface area contributed by atoms with Crippen LogP contribution in [0.25, 0.3) is 11.3 Å². The standard InChI is InChI=1S/C17H19ClN2O/c18-12-14-6-9-16(19-17(14)21)13-4-7-15(8-5-13)20-10-2-1-3-11-20/h4-9H,1-3,10-12H2,(H,19,21). The maximum absolute atomic E-state index is 11.8. The molecule has 2 aromatic rings. The van der Waals surface area contributed by atoms with Gasteiger partial charge in [-0.05, 0) is 43.0 Å². The molecule has 0 bridgehead atoms. The zero-order chi connectivity index (χ0) is 14.7. The Morgan fingerprint density at radius 1 is 1.00 bits per heavy atom. The minimum atomic E-state index is -0.109. The maximum Gasteiger partial charge on any atom is 0.252 e. The molecule has 0 unspecified atom stereocenters. The van der Waals surface area contributed by atoms with Crippen molar-refractivity contribution in [2.45, 2.75) is 25.1 Å². The van der Waals surface area contributed by atoms with E-state index in [0.717, 1.165) is 24.3 Å². The SMILES string of the molecule is O=c1[nH]c(-c2ccc(N3CCCCC3)cc2)ccc1CCl. The van der Waals surface area contributed by atoms with E-state index in [1.165, 1.54) is 24.9 Å². The van der Waals surface area contributed by atoms with Gasteiger partial charge in [-0.15, -0.1) is 11.6 Å². The van der Waals surface area contributed by atoms with E-state index < -0.39 is 0 Å².